The number of benzene rings is 2. The van der Waals surface area contributed by atoms with Gasteiger partial charge in [-0.05, 0) is 56.8 Å². The molecule has 2 aromatic carbocycles. The normalized spacial score (nSPS) is 17.8. The maximum atomic E-state index is 6.14. The maximum Gasteiger partial charge on any atom is 0.171 e. The second-order valence-electron chi connectivity index (χ2n) is 6.99. The Morgan fingerprint density at radius 2 is 2.04 bits per heavy atom. The van der Waals surface area contributed by atoms with Gasteiger partial charge < -0.3 is 20.1 Å². The van der Waals surface area contributed by atoms with Gasteiger partial charge in [-0.2, -0.15) is 0 Å². The van der Waals surface area contributed by atoms with Crippen molar-refractivity contribution >= 4 is 23.0 Å². The first-order valence-electron chi connectivity index (χ1n) is 8.37. The number of aryl methyl sites for hydroxylation is 1. The lowest BCUT2D eigenvalue weighted by Crippen LogP contribution is -2.42. The van der Waals surface area contributed by atoms with E-state index in [1.165, 1.54) is 5.56 Å². The highest BCUT2D eigenvalue weighted by Gasteiger charge is 2.34. The summed E-state index contributed by atoms with van der Waals surface area (Å²) in [5.74, 6) is 1.72. The minimum absolute atomic E-state index is 0.102. The van der Waals surface area contributed by atoms with Crippen LogP contribution < -0.4 is 20.1 Å². The molecule has 2 N–H and O–H groups in total. The number of fused-ring (bicyclic) bond motifs is 1. The number of rotatable bonds is 3. The third-order valence-electron chi connectivity index (χ3n) is 4.26. The number of ether oxygens (including phenoxy) is 2. The summed E-state index contributed by atoms with van der Waals surface area (Å²) in [4.78, 5) is 0. The van der Waals surface area contributed by atoms with E-state index in [1.807, 2.05) is 24.3 Å². The fourth-order valence-electron chi connectivity index (χ4n) is 3.11. The maximum absolute atomic E-state index is 6.14. The Morgan fingerprint density at radius 1 is 1.24 bits per heavy atom. The van der Waals surface area contributed by atoms with Gasteiger partial charge in [0.15, 0.2) is 5.11 Å². The Balaban J connectivity index is 1.76. The van der Waals surface area contributed by atoms with E-state index in [0.717, 1.165) is 29.2 Å². The highest BCUT2D eigenvalue weighted by molar-refractivity contribution is 7.80. The molecule has 1 aliphatic heterocycles. The monoisotopic (exact) mass is 356 g/mol. The van der Waals surface area contributed by atoms with Crippen molar-refractivity contribution in [3.05, 3.63) is 53.6 Å². The van der Waals surface area contributed by atoms with Crippen LogP contribution in [0.5, 0.6) is 11.5 Å². The molecule has 0 amide bonds. The zero-order valence-electron chi connectivity index (χ0n) is 15.1. The number of hydrogen-bond donors (Lipinski definition) is 2. The van der Waals surface area contributed by atoms with Crippen molar-refractivity contribution < 1.29 is 9.47 Å². The van der Waals surface area contributed by atoms with E-state index in [9.17, 15) is 0 Å². The van der Waals surface area contributed by atoms with Crippen molar-refractivity contribution in [1.29, 1.82) is 0 Å². The van der Waals surface area contributed by atoms with Crippen LogP contribution in [0.2, 0.25) is 0 Å². The molecule has 1 heterocycles. The van der Waals surface area contributed by atoms with Crippen molar-refractivity contribution in [2.75, 3.05) is 12.4 Å². The average molecular weight is 356 g/mol. The molecule has 3 rings (SSSR count). The summed E-state index contributed by atoms with van der Waals surface area (Å²) in [5, 5.41) is 7.25. The Hall–Kier alpha value is -2.27. The Labute approximate surface area is 154 Å². The first-order chi connectivity index (χ1) is 11.9. The van der Waals surface area contributed by atoms with E-state index in [-0.39, 0.29) is 11.6 Å². The van der Waals surface area contributed by atoms with E-state index in [0.29, 0.717) is 5.11 Å². The SMILES string of the molecule is COc1cccc(NC(=S)N[C@@H]2CC(C)(C)Oc3cc(C)ccc32)c1. The first-order valence-corrected chi connectivity index (χ1v) is 8.78. The summed E-state index contributed by atoms with van der Waals surface area (Å²) in [6.45, 7) is 6.28. The molecule has 0 fully saturated rings. The van der Waals surface area contributed by atoms with Gasteiger partial charge in [0.25, 0.3) is 0 Å². The van der Waals surface area contributed by atoms with Gasteiger partial charge in [0.2, 0.25) is 0 Å². The molecule has 0 saturated carbocycles. The van der Waals surface area contributed by atoms with Crippen molar-refractivity contribution in [2.24, 2.45) is 0 Å². The van der Waals surface area contributed by atoms with Crippen LogP contribution in [0.25, 0.3) is 0 Å². The van der Waals surface area contributed by atoms with Crippen molar-refractivity contribution in [2.45, 2.75) is 38.8 Å². The Bertz CT molecular complexity index is 789. The van der Waals surface area contributed by atoms with Crippen LogP contribution >= 0.6 is 12.2 Å². The summed E-state index contributed by atoms with van der Waals surface area (Å²) < 4.78 is 11.4. The van der Waals surface area contributed by atoms with Crippen molar-refractivity contribution in [1.82, 2.24) is 5.32 Å². The van der Waals surface area contributed by atoms with Gasteiger partial charge in [-0.3, -0.25) is 0 Å². The summed E-state index contributed by atoms with van der Waals surface area (Å²) >= 11 is 5.52. The van der Waals surface area contributed by atoms with E-state index >= 15 is 0 Å². The third kappa shape index (κ3) is 4.23. The van der Waals surface area contributed by atoms with Crippen LogP contribution in [0.4, 0.5) is 5.69 Å². The molecular weight excluding hydrogens is 332 g/mol. The molecule has 2 aromatic rings. The smallest absolute Gasteiger partial charge is 0.171 e. The van der Waals surface area contributed by atoms with Crippen LogP contribution in [0.1, 0.15) is 37.4 Å². The van der Waals surface area contributed by atoms with Gasteiger partial charge in [-0.25, -0.2) is 0 Å². The van der Waals surface area contributed by atoms with Crippen LogP contribution in [0.3, 0.4) is 0 Å². The van der Waals surface area contributed by atoms with Gasteiger partial charge in [0, 0.05) is 23.7 Å². The summed E-state index contributed by atoms with van der Waals surface area (Å²) in [5.41, 5.74) is 2.98. The van der Waals surface area contributed by atoms with E-state index < -0.39 is 0 Å². The molecule has 4 nitrogen and oxygen atoms in total. The average Bonchev–Trinajstić information content (AvgIpc) is 2.53. The van der Waals surface area contributed by atoms with E-state index in [4.69, 9.17) is 21.7 Å². The molecule has 0 bridgehead atoms. The third-order valence-corrected chi connectivity index (χ3v) is 4.48. The molecule has 0 radical (unpaired) electrons. The minimum atomic E-state index is -0.246. The Morgan fingerprint density at radius 3 is 2.80 bits per heavy atom. The number of nitrogens with one attached hydrogen (secondary N) is 2. The molecule has 132 valence electrons. The zero-order valence-corrected chi connectivity index (χ0v) is 15.9. The second-order valence-corrected chi connectivity index (χ2v) is 7.40. The van der Waals surface area contributed by atoms with Gasteiger partial charge in [0.1, 0.15) is 17.1 Å². The fraction of sp³-hybridized carbons (Fsp3) is 0.350. The molecule has 5 heteroatoms. The predicted molar refractivity (Wildman–Crippen MR) is 106 cm³/mol. The van der Waals surface area contributed by atoms with Crippen molar-refractivity contribution in [3.63, 3.8) is 0 Å². The van der Waals surface area contributed by atoms with E-state index in [1.54, 1.807) is 7.11 Å². The molecule has 1 atom stereocenters. The van der Waals surface area contributed by atoms with Crippen LogP contribution in [-0.4, -0.2) is 17.8 Å². The molecule has 25 heavy (non-hydrogen) atoms. The van der Waals surface area contributed by atoms with Crippen LogP contribution in [0.15, 0.2) is 42.5 Å². The number of thiocarbonyl (C=S) groups is 1. The predicted octanol–water partition coefficient (Wildman–Crippen LogP) is 4.59. The van der Waals surface area contributed by atoms with E-state index in [2.05, 4.69) is 49.6 Å². The highest BCUT2D eigenvalue weighted by Crippen LogP contribution is 2.39. The van der Waals surface area contributed by atoms with Gasteiger partial charge >= 0.3 is 0 Å². The molecule has 0 aliphatic carbocycles. The first kappa shape index (κ1) is 17.5. The molecule has 0 spiro atoms. The standard InChI is InChI=1S/C20H24N2O2S/c1-13-8-9-16-17(12-20(2,3)24-18(16)10-13)22-19(25)21-14-6-5-7-15(11-14)23-4/h5-11,17H,12H2,1-4H3,(H2,21,22,25)/t17-/m1/s1. The molecule has 0 aromatic heterocycles. The fourth-order valence-corrected chi connectivity index (χ4v) is 3.37. The molecular formula is C20H24N2O2S. The molecule has 0 saturated heterocycles. The largest absolute Gasteiger partial charge is 0.497 e. The molecule has 0 unspecified atom stereocenters. The van der Waals surface area contributed by atoms with Crippen molar-refractivity contribution in [3.8, 4) is 11.5 Å². The summed E-state index contributed by atoms with van der Waals surface area (Å²) in [6, 6.07) is 14.1. The van der Waals surface area contributed by atoms with Gasteiger partial charge in [-0.15, -0.1) is 0 Å². The van der Waals surface area contributed by atoms with Gasteiger partial charge in [0.05, 0.1) is 13.2 Å². The topological polar surface area (TPSA) is 42.5 Å². The number of anilines is 1. The molecule has 1 aliphatic rings. The second kappa shape index (κ2) is 6.92. The summed E-state index contributed by atoms with van der Waals surface area (Å²) in [7, 11) is 1.65. The zero-order chi connectivity index (χ0) is 18.0. The number of methoxy groups -OCH3 is 1. The summed E-state index contributed by atoms with van der Waals surface area (Å²) in [6.07, 6.45) is 0.836. The quantitative estimate of drug-likeness (QED) is 0.787. The van der Waals surface area contributed by atoms with Crippen LogP contribution in [-0.2, 0) is 0 Å². The lowest BCUT2D eigenvalue weighted by molar-refractivity contribution is 0.0696. The Kier molecular flexibility index (Phi) is 4.86. The number of hydrogen-bond acceptors (Lipinski definition) is 3. The lowest BCUT2D eigenvalue weighted by atomic mass is 9.89. The van der Waals surface area contributed by atoms with Crippen LogP contribution in [0, 0.1) is 6.92 Å². The lowest BCUT2D eigenvalue weighted by Gasteiger charge is -2.38. The minimum Gasteiger partial charge on any atom is -0.497 e. The van der Waals surface area contributed by atoms with Gasteiger partial charge in [-0.1, -0.05) is 18.2 Å². The highest BCUT2D eigenvalue weighted by atomic mass is 32.1.